The Balaban J connectivity index is 1.63. The Morgan fingerprint density at radius 2 is 1.70 bits per heavy atom. The molecule has 0 spiro atoms. The number of benzene rings is 3. The van der Waals surface area contributed by atoms with E-state index in [1.165, 1.54) is 30.3 Å². The highest BCUT2D eigenvalue weighted by molar-refractivity contribution is 7.89. The summed E-state index contributed by atoms with van der Waals surface area (Å²) >= 11 is 0. The Hall–Kier alpha value is -2.77. The number of fused-ring (bicyclic) bond motifs is 1. The Morgan fingerprint density at radius 3 is 2.41 bits per heavy atom. The van der Waals surface area contributed by atoms with Gasteiger partial charge in [0.1, 0.15) is 18.5 Å². The predicted molar refractivity (Wildman–Crippen MR) is 100 cm³/mol. The third-order valence-corrected chi connectivity index (χ3v) is 5.48. The quantitative estimate of drug-likeness (QED) is 0.657. The zero-order valence-corrected chi connectivity index (χ0v) is 15.4. The SMILES string of the molecule is C[C@@H](OC(=O)CNS(=O)(=O)c1ccc2ccccc2c1)c1ccc(F)cc1. The van der Waals surface area contributed by atoms with E-state index in [0.29, 0.717) is 5.56 Å². The number of esters is 1. The van der Waals surface area contributed by atoms with Crippen LogP contribution in [0.3, 0.4) is 0 Å². The van der Waals surface area contributed by atoms with Crippen LogP contribution >= 0.6 is 0 Å². The third-order valence-electron chi connectivity index (χ3n) is 4.09. The van der Waals surface area contributed by atoms with Crippen LogP contribution in [-0.4, -0.2) is 20.9 Å². The molecule has 7 heteroatoms. The number of sulfonamides is 1. The first-order valence-corrected chi connectivity index (χ1v) is 9.77. The normalized spacial score (nSPS) is 12.7. The third kappa shape index (κ3) is 4.69. The molecule has 0 amide bonds. The Labute approximate surface area is 156 Å². The molecule has 0 saturated carbocycles. The molecule has 0 bridgehead atoms. The highest BCUT2D eigenvalue weighted by Gasteiger charge is 2.18. The molecule has 0 aliphatic heterocycles. The molecule has 140 valence electrons. The number of hydrogen-bond acceptors (Lipinski definition) is 4. The minimum Gasteiger partial charge on any atom is -0.457 e. The van der Waals surface area contributed by atoms with E-state index in [2.05, 4.69) is 4.72 Å². The number of nitrogens with one attached hydrogen (secondary N) is 1. The van der Waals surface area contributed by atoms with Crippen molar-refractivity contribution in [1.29, 1.82) is 0 Å². The van der Waals surface area contributed by atoms with E-state index >= 15 is 0 Å². The summed E-state index contributed by atoms with van der Waals surface area (Å²) in [5.74, 6) is -1.11. The Morgan fingerprint density at radius 1 is 1.04 bits per heavy atom. The van der Waals surface area contributed by atoms with Gasteiger partial charge in [-0.05, 0) is 47.5 Å². The van der Waals surface area contributed by atoms with Crippen LogP contribution in [0.2, 0.25) is 0 Å². The van der Waals surface area contributed by atoms with Crippen molar-refractivity contribution in [3.05, 3.63) is 78.1 Å². The number of rotatable bonds is 6. The first kappa shape index (κ1) is 19.0. The average molecular weight is 387 g/mol. The largest absolute Gasteiger partial charge is 0.457 e. The molecule has 0 aliphatic rings. The molecule has 0 aromatic heterocycles. The van der Waals surface area contributed by atoms with Crippen LogP contribution in [0.5, 0.6) is 0 Å². The predicted octanol–water partition coefficient (Wildman–Crippen LogP) is 3.56. The Kier molecular flexibility index (Phi) is 5.53. The molecule has 0 unspecified atom stereocenters. The van der Waals surface area contributed by atoms with Gasteiger partial charge in [-0.3, -0.25) is 4.79 Å². The summed E-state index contributed by atoms with van der Waals surface area (Å²) in [5, 5.41) is 1.71. The second-order valence-electron chi connectivity index (χ2n) is 6.02. The molecular formula is C20H18FNO4S. The van der Waals surface area contributed by atoms with E-state index < -0.39 is 28.6 Å². The van der Waals surface area contributed by atoms with Gasteiger partial charge in [-0.1, -0.05) is 42.5 Å². The summed E-state index contributed by atoms with van der Waals surface area (Å²) in [6.07, 6.45) is -0.622. The molecule has 0 saturated heterocycles. The number of hydrogen-bond donors (Lipinski definition) is 1. The zero-order valence-electron chi connectivity index (χ0n) is 14.6. The first-order valence-electron chi connectivity index (χ1n) is 8.28. The maximum atomic E-state index is 12.9. The van der Waals surface area contributed by atoms with Gasteiger partial charge in [0, 0.05) is 0 Å². The molecule has 3 aromatic rings. The van der Waals surface area contributed by atoms with Gasteiger partial charge in [0.25, 0.3) is 0 Å². The molecule has 3 rings (SSSR count). The summed E-state index contributed by atoms with van der Waals surface area (Å²) < 4.78 is 45.2. The maximum absolute atomic E-state index is 12.9. The molecule has 1 N–H and O–H groups in total. The molecule has 0 aliphatic carbocycles. The van der Waals surface area contributed by atoms with Crippen LogP contribution in [0.1, 0.15) is 18.6 Å². The van der Waals surface area contributed by atoms with Crippen molar-refractivity contribution in [2.75, 3.05) is 6.54 Å². The molecule has 0 heterocycles. The highest BCUT2D eigenvalue weighted by Crippen LogP contribution is 2.19. The first-order chi connectivity index (χ1) is 12.8. The van der Waals surface area contributed by atoms with Crippen LogP contribution in [-0.2, 0) is 19.6 Å². The number of ether oxygens (including phenoxy) is 1. The van der Waals surface area contributed by atoms with Crippen molar-refractivity contribution < 1.29 is 22.3 Å². The van der Waals surface area contributed by atoms with Gasteiger partial charge < -0.3 is 4.74 Å². The van der Waals surface area contributed by atoms with Crippen LogP contribution in [0.4, 0.5) is 4.39 Å². The minimum atomic E-state index is -3.85. The van der Waals surface area contributed by atoms with Crippen LogP contribution in [0, 0.1) is 5.82 Å². The van der Waals surface area contributed by atoms with Gasteiger partial charge >= 0.3 is 5.97 Å². The van der Waals surface area contributed by atoms with E-state index in [1.807, 2.05) is 24.3 Å². The monoisotopic (exact) mass is 387 g/mol. The van der Waals surface area contributed by atoms with Crippen molar-refractivity contribution in [2.45, 2.75) is 17.9 Å². The fraction of sp³-hybridized carbons (Fsp3) is 0.150. The van der Waals surface area contributed by atoms with Gasteiger partial charge in [0.2, 0.25) is 10.0 Å². The van der Waals surface area contributed by atoms with Crippen molar-refractivity contribution in [3.63, 3.8) is 0 Å². The molecule has 27 heavy (non-hydrogen) atoms. The number of halogens is 1. The van der Waals surface area contributed by atoms with E-state index in [9.17, 15) is 17.6 Å². The molecular weight excluding hydrogens is 369 g/mol. The summed E-state index contributed by atoms with van der Waals surface area (Å²) in [6, 6.07) is 17.7. The lowest BCUT2D eigenvalue weighted by molar-refractivity contribution is -0.147. The fourth-order valence-electron chi connectivity index (χ4n) is 2.61. The van der Waals surface area contributed by atoms with Crippen molar-refractivity contribution in [2.24, 2.45) is 0 Å². The summed E-state index contributed by atoms with van der Waals surface area (Å²) in [6.45, 7) is 1.13. The van der Waals surface area contributed by atoms with Gasteiger partial charge in [-0.15, -0.1) is 0 Å². The van der Waals surface area contributed by atoms with Crippen LogP contribution < -0.4 is 4.72 Å². The van der Waals surface area contributed by atoms with Crippen molar-refractivity contribution in [1.82, 2.24) is 4.72 Å². The van der Waals surface area contributed by atoms with E-state index in [1.54, 1.807) is 19.1 Å². The standard InChI is InChI=1S/C20H18FNO4S/c1-14(15-6-9-18(21)10-7-15)26-20(23)13-22-27(24,25)19-11-8-16-4-2-3-5-17(16)12-19/h2-12,14,22H,13H2,1H3/t14-/m1/s1. The number of carbonyl (C=O) groups is 1. The summed E-state index contributed by atoms with van der Waals surface area (Å²) in [4.78, 5) is 12.0. The van der Waals surface area contributed by atoms with E-state index in [0.717, 1.165) is 10.8 Å². The van der Waals surface area contributed by atoms with Gasteiger partial charge in [0.05, 0.1) is 4.90 Å². The second kappa shape index (κ2) is 7.85. The zero-order chi connectivity index (χ0) is 19.4. The van der Waals surface area contributed by atoms with Gasteiger partial charge in [-0.25, -0.2) is 12.8 Å². The van der Waals surface area contributed by atoms with Crippen molar-refractivity contribution in [3.8, 4) is 0 Å². The van der Waals surface area contributed by atoms with E-state index in [4.69, 9.17) is 4.74 Å². The second-order valence-corrected chi connectivity index (χ2v) is 7.78. The maximum Gasteiger partial charge on any atom is 0.321 e. The molecule has 5 nitrogen and oxygen atoms in total. The summed E-state index contributed by atoms with van der Waals surface area (Å²) in [7, 11) is -3.85. The fourth-order valence-corrected chi connectivity index (χ4v) is 3.62. The molecule has 0 radical (unpaired) electrons. The molecule has 1 atom stereocenters. The lowest BCUT2D eigenvalue weighted by Gasteiger charge is -2.14. The topological polar surface area (TPSA) is 72.5 Å². The van der Waals surface area contributed by atoms with Gasteiger partial charge in [-0.2, -0.15) is 4.72 Å². The van der Waals surface area contributed by atoms with E-state index in [-0.39, 0.29) is 10.7 Å². The lowest BCUT2D eigenvalue weighted by Crippen LogP contribution is -2.31. The Bertz CT molecular complexity index is 1060. The molecule has 3 aromatic carbocycles. The van der Waals surface area contributed by atoms with Crippen molar-refractivity contribution >= 4 is 26.8 Å². The highest BCUT2D eigenvalue weighted by atomic mass is 32.2. The molecule has 0 fully saturated rings. The lowest BCUT2D eigenvalue weighted by atomic mass is 10.1. The van der Waals surface area contributed by atoms with Crippen LogP contribution in [0.25, 0.3) is 10.8 Å². The smallest absolute Gasteiger partial charge is 0.321 e. The number of carbonyl (C=O) groups excluding carboxylic acids is 1. The average Bonchev–Trinajstić information content (AvgIpc) is 2.66. The minimum absolute atomic E-state index is 0.0700. The summed E-state index contributed by atoms with van der Waals surface area (Å²) in [5.41, 5.74) is 0.613. The van der Waals surface area contributed by atoms with Gasteiger partial charge in [0.15, 0.2) is 0 Å². The van der Waals surface area contributed by atoms with Crippen LogP contribution in [0.15, 0.2) is 71.6 Å².